The van der Waals surface area contributed by atoms with Crippen LogP contribution < -0.4 is 20.5 Å². The highest BCUT2D eigenvalue weighted by molar-refractivity contribution is 7.92. The Labute approximate surface area is 217 Å². The molecular weight excluding hydrogens is 548 g/mol. The Hall–Kier alpha value is -4.73. The summed E-state index contributed by atoms with van der Waals surface area (Å²) >= 11 is 0. The molecule has 0 unspecified atom stereocenters. The molecule has 2 aromatic carbocycles. The van der Waals surface area contributed by atoms with Crippen LogP contribution in [0.15, 0.2) is 41.4 Å². The van der Waals surface area contributed by atoms with Crippen LogP contribution in [0.25, 0.3) is 22.0 Å². The van der Waals surface area contributed by atoms with Crippen molar-refractivity contribution >= 4 is 38.4 Å². The van der Waals surface area contributed by atoms with Gasteiger partial charge in [0.1, 0.15) is 22.8 Å². The first kappa shape index (κ1) is 27.3. The number of pyridine rings is 1. The summed E-state index contributed by atoms with van der Waals surface area (Å²) in [5, 5.41) is 8.40. The lowest BCUT2D eigenvalue weighted by atomic mass is 10.0. The van der Waals surface area contributed by atoms with Crippen molar-refractivity contribution in [3.63, 3.8) is 0 Å². The second kappa shape index (κ2) is 10.6. The maximum absolute atomic E-state index is 15.5. The van der Waals surface area contributed by atoms with Crippen LogP contribution in [0, 0.1) is 23.3 Å². The number of rotatable bonds is 9. The third-order valence-electron chi connectivity index (χ3n) is 5.42. The van der Waals surface area contributed by atoms with Gasteiger partial charge in [-0.25, -0.2) is 31.0 Å². The number of hydrogen-bond donors (Lipinski definition) is 4. The quantitative estimate of drug-likeness (QED) is 0.226. The highest BCUT2D eigenvalue weighted by Gasteiger charge is 2.27. The number of fused-ring (bicyclic) bond motifs is 1. The number of sulfonamides is 1. The van der Waals surface area contributed by atoms with Gasteiger partial charge in [-0.3, -0.25) is 19.4 Å². The fourth-order valence-electron chi connectivity index (χ4n) is 3.63. The number of methoxy groups -OCH3 is 1. The topological polar surface area (TPSA) is 169 Å². The summed E-state index contributed by atoms with van der Waals surface area (Å²) in [5.41, 5.74) is 2.05. The van der Waals surface area contributed by atoms with Gasteiger partial charge in [-0.05, 0) is 18.2 Å². The number of anilines is 1. The van der Waals surface area contributed by atoms with Gasteiger partial charge in [0.2, 0.25) is 11.8 Å². The monoisotopic (exact) mass is 566 g/mol. The molecule has 0 spiro atoms. The predicted octanol–water partition coefficient (Wildman–Crippen LogP) is 2.60. The number of nitrogens with two attached hydrogens (primary N) is 1. The summed E-state index contributed by atoms with van der Waals surface area (Å²) in [5.74, 6) is -6.84. The number of H-pyrrole nitrogens is 1. The number of benzene rings is 2. The van der Waals surface area contributed by atoms with E-state index in [9.17, 15) is 26.8 Å². The summed E-state index contributed by atoms with van der Waals surface area (Å²) < 4.78 is 91.6. The van der Waals surface area contributed by atoms with Gasteiger partial charge >= 0.3 is 0 Å². The van der Waals surface area contributed by atoms with Crippen molar-refractivity contribution in [2.75, 3.05) is 18.4 Å². The summed E-state index contributed by atoms with van der Waals surface area (Å²) in [6.45, 7) is -0.0913. The van der Waals surface area contributed by atoms with Gasteiger partial charge in [0.15, 0.2) is 16.5 Å². The summed E-state index contributed by atoms with van der Waals surface area (Å²) in [6.07, 6.45) is 0.565. The Balaban J connectivity index is 1.73. The molecule has 39 heavy (non-hydrogen) atoms. The molecule has 2 amide bonds. The Morgan fingerprint density at radius 3 is 2.54 bits per heavy atom. The van der Waals surface area contributed by atoms with E-state index in [1.54, 1.807) is 0 Å². The molecule has 0 bridgehead atoms. The number of primary amides is 1. The van der Waals surface area contributed by atoms with Crippen LogP contribution >= 0.6 is 0 Å². The van der Waals surface area contributed by atoms with Crippen LogP contribution in [-0.2, 0) is 14.8 Å². The van der Waals surface area contributed by atoms with Crippen LogP contribution in [0.5, 0.6) is 5.88 Å². The Bertz CT molecular complexity index is 1730. The molecule has 2 aromatic heterocycles. The largest absolute Gasteiger partial charge is 0.480 e. The number of carbonyl (C=O) groups excluding carboxylic acids is 2. The van der Waals surface area contributed by atoms with Crippen molar-refractivity contribution in [1.82, 2.24) is 20.5 Å². The maximum atomic E-state index is 15.5. The van der Waals surface area contributed by atoms with Crippen LogP contribution in [0.2, 0.25) is 0 Å². The standard InChI is InChI=1S/C23H18F4N6O5S/c1-38-23-15(8-10(24)9-30-23)39(36,37)33-14-5-4-13(25)17(19(14)27)11-2-3-12-20(18(11)26)31-32-21(12)22(35)29-7-6-16(28)34/h2-5,8-9,33H,6-7H2,1H3,(H2,28,34)(H,29,35)(H,31,32). The van der Waals surface area contributed by atoms with Crippen molar-refractivity contribution < 1.29 is 40.3 Å². The van der Waals surface area contributed by atoms with E-state index in [-0.39, 0.29) is 24.0 Å². The van der Waals surface area contributed by atoms with E-state index in [1.807, 2.05) is 4.72 Å². The SMILES string of the molecule is COc1ncc(F)cc1S(=O)(=O)Nc1ccc(F)c(-c2ccc3c(C(=O)NCCC(N)=O)[nH]nc3c2F)c1F. The van der Waals surface area contributed by atoms with Crippen LogP contribution in [-0.4, -0.2) is 49.1 Å². The normalized spacial score (nSPS) is 11.4. The predicted molar refractivity (Wildman–Crippen MR) is 129 cm³/mol. The van der Waals surface area contributed by atoms with Crippen molar-refractivity contribution in [3.05, 3.63) is 65.5 Å². The molecule has 4 aromatic rings. The highest BCUT2D eigenvalue weighted by Crippen LogP contribution is 2.36. The molecule has 0 radical (unpaired) electrons. The van der Waals surface area contributed by atoms with Gasteiger partial charge in [0.05, 0.1) is 24.6 Å². The van der Waals surface area contributed by atoms with E-state index in [0.717, 1.165) is 19.2 Å². The second-order valence-corrected chi connectivity index (χ2v) is 9.60. The van der Waals surface area contributed by atoms with Gasteiger partial charge in [-0.1, -0.05) is 6.07 Å². The number of aromatic amines is 1. The molecule has 0 saturated heterocycles. The van der Waals surface area contributed by atoms with Gasteiger partial charge in [0, 0.05) is 30.0 Å². The van der Waals surface area contributed by atoms with E-state index in [4.69, 9.17) is 10.5 Å². The van der Waals surface area contributed by atoms with Crippen molar-refractivity contribution in [1.29, 1.82) is 0 Å². The molecular formula is C23H18F4N6O5S. The number of aromatic nitrogens is 3. The summed E-state index contributed by atoms with van der Waals surface area (Å²) in [6, 6.07) is 4.20. The minimum Gasteiger partial charge on any atom is -0.480 e. The zero-order chi connectivity index (χ0) is 28.5. The molecule has 11 nitrogen and oxygen atoms in total. The van der Waals surface area contributed by atoms with Crippen LogP contribution in [0.3, 0.4) is 0 Å². The number of nitrogens with zero attached hydrogens (tertiary/aromatic N) is 2. The fourth-order valence-corrected chi connectivity index (χ4v) is 4.82. The van der Waals surface area contributed by atoms with E-state index in [2.05, 4.69) is 20.5 Å². The highest BCUT2D eigenvalue weighted by atomic mass is 32.2. The first-order chi connectivity index (χ1) is 18.4. The molecule has 2 heterocycles. The molecule has 0 aliphatic rings. The first-order valence-electron chi connectivity index (χ1n) is 10.9. The van der Waals surface area contributed by atoms with Gasteiger partial charge < -0.3 is 15.8 Å². The van der Waals surface area contributed by atoms with E-state index < -0.39 is 78.2 Å². The Morgan fingerprint density at radius 1 is 1.10 bits per heavy atom. The molecule has 5 N–H and O–H groups in total. The average molecular weight is 566 g/mol. The van der Waals surface area contributed by atoms with Crippen LogP contribution in [0.1, 0.15) is 16.9 Å². The Morgan fingerprint density at radius 2 is 1.85 bits per heavy atom. The summed E-state index contributed by atoms with van der Waals surface area (Å²) in [7, 11) is -3.62. The van der Waals surface area contributed by atoms with Crippen LogP contribution in [0.4, 0.5) is 23.2 Å². The number of hydrogen-bond acceptors (Lipinski definition) is 7. The van der Waals surface area contributed by atoms with E-state index >= 15 is 8.78 Å². The van der Waals surface area contributed by atoms with Crippen molar-refractivity contribution in [2.24, 2.45) is 5.73 Å². The first-order valence-corrected chi connectivity index (χ1v) is 12.4. The molecule has 16 heteroatoms. The number of halogens is 4. The Kier molecular flexibility index (Phi) is 7.40. The zero-order valence-corrected chi connectivity index (χ0v) is 20.6. The van der Waals surface area contributed by atoms with E-state index in [0.29, 0.717) is 18.3 Å². The molecule has 204 valence electrons. The number of amides is 2. The third-order valence-corrected chi connectivity index (χ3v) is 6.78. The lowest BCUT2D eigenvalue weighted by Crippen LogP contribution is -2.28. The smallest absolute Gasteiger partial charge is 0.269 e. The second-order valence-electron chi connectivity index (χ2n) is 7.94. The summed E-state index contributed by atoms with van der Waals surface area (Å²) in [4.78, 5) is 25.9. The van der Waals surface area contributed by atoms with Gasteiger partial charge in [0.25, 0.3) is 15.9 Å². The number of ether oxygens (including phenoxy) is 1. The molecule has 0 fully saturated rings. The minimum atomic E-state index is -4.70. The van der Waals surface area contributed by atoms with Crippen molar-refractivity contribution in [2.45, 2.75) is 11.3 Å². The lowest BCUT2D eigenvalue weighted by molar-refractivity contribution is -0.117. The molecule has 0 aliphatic carbocycles. The number of nitrogens with one attached hydrogen (secondary N) is 3. The average Bonchev–Trinajstić information content (AvgIpc) is 3.32. The molecule has 0 saturated carbocycles. The molecule has 0 aliphatic heterocycles. The third kappa shape index (κ3) is 5.31. The molecule has 0 atom stereocenters. The fraction of sp³-hybridized carbons (Fsp3) is 0.130. The minimum absolute atomic E-state index is 0.0313. The van der Waals surface area contributed by atoms with Gasteiger partial charge in [-0.2, -0.15) is 5.10 Å². The lowest BCUT2D eigenvalue weighted by Gasteiger charge is -2.14. The van der Waals surface area contributed by atoms with E-state index in [1.165, 1.54) is 6.07 Å². The molecule has 4 rings (SSSR count). The zero-order valence-electron chi connectivity index (χ0n) is 19.8. The maximum Gasteiger partial charge on any atom is 0.269 e. The van der Waals surface area contributed by atoms with Crippen molar-refractivity contribution in [3.8, 4) is 17.0 Å². The van der Waals surface area contributed by atoms with Gasteiger partial charge in [-0.15, -0.1) is 0 Å². The number of carbonyl (C=O) groups is 2.